The first-order chi connectivity index (χ1) is 17.6. The number of carbonyl (C=O) groups excluding carboxylic acids is 3. The summed E-state index contributed by atoms with van der Waals surface area (Å²) in [5, 5.41) is 17.7. The Kier molecular flexibility index (Phi) is 12.3. The average Bonchev–Trinajstić information content (AvgIpc) is 3.25. The molecule has 11 heteroatoms. The number of hydrogen-bond donors (Lipinski definition) is 5. The minimum atomic E-state index is -0.235. The molecule has 0 bridgehead atoms. The lowest BCUT2D eigenvalue weighted by molar-refractivity contribution is -0.122. The van der Waals surface area contributed by atoms with Crippen molar-refractivity contribution in [3.63, 3.8) is 0 Å². The van der Waals surface area contributed by atoms with E-state index in [0.717, 1.165) is 35.4 Å². The van der Waals surface area contributed by atoms with Gasteiger partial charge in [0.05, 0.1) is 6.42 Å². The van der Waals surface area contributed by atoms with Gasteiger partial charge in [-0.15, -0.1) is 10.2 Å². The fourth-order valence-electron chi connectivity index (χ4n) is 3.38. The highest BCUT2D eigenvalue weighted by Crippen LogP contribution is 2.18. The maximum absolute atomic E-state index is 12.5. The SMILES string of the molecule is CC(=O)N/C(N)=C/C=C(\N)CCCCc1nnc(NC(=O)Cc2cccc(CNC(=O)CC(C)C)c2)s1. The third kappa shape index (κ3) is 12.7. The largest absolute Gasteiger partial charge is 0.402 e. The number of carbonyl (C=O) groups is 3. The number of amides is 3. The standard InChI is InChI=1S/C26H37N7O3S/c1-17(2)13-23(35)29-16-20-8-6-7-19(14-20)15-24(36)31-26-33-32-25(37-26)10-5-4-9-21(27)11-12-22(28)30-18(3)34/h6-8,11-12,14,17H,4-5,9-10,13,15-16,27-28H2,1-3H3,(H,29,35)(H,30,34)(H,31,33,36)/b21-11-,22-12+. The van der Waals surface area contributed by atoms with E-state index in [1.54, 1.807) is 12.2 Å². The van der Waals surface area contributed by atoms with E-state index in [0.29, 0.717) is 36.1 Å². The monoisotopic (exact) mass is 527 g/mol. The molecule has 37 heavy (non-hydrogen) atoms. The molecule has 1 heterocycles. The van der Waals surface area contributed by atoms with Crippen LogP contribution in [0.5, 0.6) is 0 Å². The molecule has 1 aromatic heterocycles. The van der Waals surface area contributed by atoms with E-state index in [4.69, 9.17) is 11.5 Å². The smallest absolute Gasteiger partial charge is 0.230 e. The summed E-state index contributed by atoms with van der Waals surface area (Å²) in [5.41, 5.74) is 14.1. The first kappa shape index (κ1) is 29.5. The fraction of sp³-hybridized carbons (Fsp3) is 0.423. The number of aryl methyl sites for hydroxylation is 1. The quantitative estimate of drug-likeness (QED) is 0.186. The topological polar surface area (TPSA) is 165 Å². The molecule has 1 aromatic carbocycles. The third-order valence-corrected chi connectivity index (χ3v) is 5.95. The zero-order valence-electron chi connectivity index (χ0n) is 21.7. The van der Waals surface area contributed by atoms with Crippen LogP contribution in [0.2, 0.25) is 0 Å². The maximum Gasteiger partial charge on any atom is 0.230 e. The summed E-state index contributed by atoms with van der Waals surface area (Å²) in [6.07, 6.45) is 7.08. The first-order valence-electron chi connectivity index (χ1n) is 12.3. The molecule has 2 aromatic rings. The molecule has 0 aliphatic carbocycles. The number of benzene rings is 1. The second-order valence-electron chi connectivity index (χ2n) is 9.17. The molecule has 200 valence electrons. The van der Waals surface area contributed by atoms with Gasteiger partial charge in [-0.25, -0.2) is 0 Å². The molecule has 0 spiro atoms. The molecular weight excluding hydrogens is 490 g/mol. The van der Waals surface area contributed by atoms with Crippen LogP contribution in [-0.2, 0) is 33.8 Å². The summed E-state index contributed by atoms with van der Waals surface area (Å²) < 4.78 is 0. The van der Waals surface area contributed by atoms with Gasteiger partial charge in [-0.3, -0.25) is 14.4 Å². The van der Waals surface area contributed by atoms with Gasteiger partial charge in [0.1, 0.15) is 10.8 Å². The molecule has 10 nitrogen and oxygen atoms in total. The van der Waals surface area contributed by atoms with Crippen molar-refractivity contribution < 1.29 is 14.4 Å². The number of nitrogens with one attached hydrogen (secondary N) is 3. The molecule has 0 aliphatic heterocycles. The van der Waals surface area contributed by atoms with Crippen molar-refractivity contribution in [2.24, 2.45) is 17.4 Å². The Bertz CT molecular complexity index is 1120. The number of rotatable bonds is 14. The van der Waals surface area contributed by atoms with Crippen molar-refractivity contribution in [1.29, 1.82) is 0 Å². The van der Waals surface area contributed by atoms with Crippen molar-refractivity contribution in [3.05, 3.63) is 64.1 Å². The van der Waals surface area contributed by atoms with Gasteiger partial charge in [0, 0.05) is 32.0 Å². The van der Waals surface area contributed by atoms with Crippen molar-refractivity contribution in [2.75, 3.05) is 5.32 Å². The summed E-state index contributed by atoms with van der Waals surface area (Å²) in [4.78, 5) is 35.3. The first-order valence-corrected chi connectivity index (χ1v) is 13.1. The van der Waals surface area contributed by atoms with Gasteiger partial charge in [0.25, 0.3) is 0 Å². The highest BCUT2D eigenvalue weighted by molar-refractivity contribution is 7.15. The number of anilines is 1. The predicted molar refractivity (Wildman–Crippen MR) is 146 cm³/mol. The molecule has 3 amide bonds. The Morgan fingerprint density at radius 3 is 2.54 bits per heavy atom. The Labute approximate surface area is 222 Å². The van der Waals surface area contributed by atoms with Gasteiger partial charge < -0.3 is 27.4 Å². The minimum Gasteiger partial charge on any atom is -0.402 e. The highest BCUT2D eigenvalue weighted by atomic mass is 32.1. The Hall–Kier alpha value is -3.73. The number of aromatic nitrogens is 2. The number of allylic oxidation sites excluding steroid dienone is 3. The zero-order valence-corrected chi connectivity index (χ0v) is 22.5. The molecule has 0 saturated heterocycles. The van der Waals surface area contributed by atoms with Crippen LogP contribution in [0, 0.1) is 5.92 Å². The van der Waals surface area contributed by atoms with Crippen LogP contribution in [0.4, 0.5) is 5.13 Å². The second kappa shape index (κ2) is 15.4. The minimum absolute atomic E-state index is 0.0196. The lowest BCUT2D eigenvalue weighted by Crippen LogP contribution is -2.24. The molecule has 0 fully saturated rings. The van der Waals surface area contributed by atoms with Crippen LogP contribution >= 0.6 is 11.3 Å². The van der Waals surface area contributed by atoms with Crippen LogP contribution in [0.15, 0.2) is 47.9 Å². The number of unbranched alkanes of at least 4 members (excludes halogenated alkanes) is 1. The average molecular weight is 528 g/mol. The van der Waals surface area contributed by atoms with E-state index in [2.05, 4.69) is 26.1 Å². The van der Waals surface area contributed by atoms with Crippen molar-refractivity contribution >= 4 is 34.2 Å². The number of hydrogen-bond acceptors (Lipinski definition) is 8. The molecule has 0 saturated carbocycles. The third-order valence-electron chi connectivity index (χ3n) is 5.06. The summed E-state index contributed by atoms with van der Waals surface area (Å²) in [5.74, 6) is 0.168. The zero-order chi connectivity index (χ0) is 27.2. The van der Waals surface area contributed by atoms with Crippen molar-refractivity contribution in [3.8, 4) is 0 Å². The van der Waals surface area contributed by atoms with Gasteiger partial charge in [-0.1, -0.05) is 49.4 Å². The normalized spacial score (nSPS) is 11.9. The van der Waals surface area contributed by atoms with Crippen molar-refractivity contribution in [1.82, 2.24) is 20.8 Å². The van der Waals surface area contributed by atoms with Crippen LogP contribution in [0.25, 0.3) is 0 Å². The predicted octanol–water partition coefficient (Wildman–Crippen LogP) is 2.87. The van der Waals surface area contributed by atoms with Crippen LogP contribution < -0.4 is 27.4 Å². The van der Waals surface area contributed by atoms with Gasteiger partial charge in [-0.2, -0.15) is 0 Å². The Morgan fingerprint density at radius 1 is 1.05 bits per heavy atom. The van der Waals surface area contributed by atoms with E-state index in [1.807, 2.05) is 38.1 Å². The van der Waals surface area contributed by atoms with Crippen molar-refractivity contribution in [2.45, 2.75) is 65.8 Å². The fourth-order valence-corrected chi connectivity index (χ4v) is 4.18. The number of nitrogens with zero attached hydrogens (tertiary/aromatic N) is 2. The molecular formula is C26H37N7O3S. The molecule has 0 radical (unpaired) electrons. The molecule has 0 atom stereocenters. The highest BCUT2D eigenvalue weighted by Gasteiger charge is 2.10. The lowest BCUT2D eigenvalue weighted by Gasteiger charge is -2.08. The molecule has 2 rings (SSSR count). The Morgan fingerprint density at radius 2 is 1.81 bits per heavy atom. The Balaban J connectivity index is 1.74. The second-order valence-corrected chi connectivity index (χ2v) is 10.2. The van der Waals surface area contributed by atoms with E-state index in [1.165, 1.54) is 18.3 Å². The summed E-state index contributed by atoms with van der Waals surface area (Å²) >= 11 is 1.36. The number of nitrogens with two attached hydrogens (primary N) is 2. The summed E-state index contributed by atoms with van der Waals surface area (Å²) in [7, 11) is 0. The van der Waals surface area contributed by atoms with E-state index >= 15 is 0 Å². The van der Waals surface area contributed by atoms with Gasteiger partial charge >= 0.3 is 0 Å². The van der Waals surface area contributed by atoms with Gasteiger partial charge in [0.2, 0.25) is 22.9 Å². The van der Waals surface area contributed by atoms with Crippen LogP contribution in [0.3, 0.4) is 0 Å². The molecule has 0 aliphatic rings. The van der Waals surface area contributed by atoms with Crippen LogP contribution in [-0.4, -0.2) is 27.9 Å². The van der Waals surface area contributed by atoms with E-state index < -0.39 is 0 Å². The summed E-state index contributed by atoms with van der Waals surface area (Å²) in [6, 6.07) is 7.61. The molecule has 0 unspecified atom stereocenters. The molecule has 7 N–H and O–H groups in total. The van der Waals surface area contributed by atoms with Gasteiger partial charge in [0.15, 0.2) is 0 Å². The maximum atomic E-state index is 12.5. The van der Waals surface area contributed by atoms with E-state index in [9.17, 15) is 14.4 Å². The lowest BCUT2D eigenvalue weighted by atomic mass is 10.1. The summed E-state index contributed by atoms with van der Waals surface area (Å²) in [6.45, 7) is 5.83. The van der Waals surface area contributed by atoms with Crippen LogP contribution in [0.1, 0.15) is 62.6 Å². The van der Waals surface area contributed by atoms with Gasteiger partial charge in [-0.05, 0) is 48.5 Å². The van der Waals surface area contributed by atoms with E-state index in [-0.39, 0.29) is 30.0 Å².